The van der Waals surface area contributed by atoms with E-state index in [1.807, 2.05) is 42.5 Å². The molecular weight excluding hydrogens is 296 g/mol. The van der Waals surface area contributed by atoms with Gasteiger partial charge in [-0.15, -0.1) is 0 Å². The molecule has 3 nitrogen and oxygen atoms in total. The fraction of sp³-hybridized carbons (Fsp3) is 0.381. The van der Waals surface area contributed by atoms with Crippen LogP contribution in [0.2, 0.25) is 0 Å². The van der Waals surface area contributed by atoms with Crippen molar-refractivity contribution >= 4 is 5.91 Å². The van der Waals surface area contributed by atoms with Crippen LogP contribution < -0.4 is 5.73 Å². The molecule has 1 amide bonds. The standard InChI is InChI=1S/C21H26N2O/c22-15-17-11-13-19(14-12-17)21(24)23(20-9-5-2-6-10-20)16-18-7-3-1-4-8-18/h1,3-4,7-8,11-14,20H,2,5-6,9-10,15-16,22H2. The van der Waals surface area contributed by atoms with Crippen LogP contribution >= 0.6 is 0 Å². The summed E-state index contributed by atoms with van der Waals surface area (Å²) in [4.78, 5) is 15.2. The van der Waals surface area contributed by atoms with Gasteiger partial charge in [0.25, 0.3) is 5.91 Å². The molecule has 0 spiro atoms. The summed E-state index contributed by atoms with van der Waals surface area (Å²) >= 11 is 0. The van der Waals surface area contributed by atoms with Gasteiger partial charge >= 0.3 is 0 Å². The third kappa shape index (κ3) is 4.04. The maximum absolute atomic E-state index is 13.1. The zero-order valence-corrected chi connectivity index (χ0v) is 14.2. The van der Waals surface area contributed by atoms with Gasteiger partial charge in [0.15, 0.2) is 0 Å². The molecule has 0 heterocycles. The number of hydrogen-bond acceptors (Lipinski definition) is 2. The Kier molecular flexibility index (Phi) is 5.65. The summed E-state index contributed by atoms with van der Waals surface area (Å²) < 4.78 is 0. The first-order chi connectivity index (χ1) is 11.8. The van der Waals surface area contributed by atoms with Gasteiger partial charge < -0.3 is 10.6 Å². The molecular formula is C21H26N2O. The zero-order chi connectivity index (χ0) is 16.8. The maximum atomic E-state index is 13.1. The monoisotopic (exact) mass is 322 g/mol. The second-order valence-corrected chi connectivity index (χ2v) is 6.61. The van der Waals surface area contributed by atoms with Crippen molar-refractivity contribution in [2.24, 2.45) is 5.73 Å². The van der Waals surface area contributed by atoms with Crippen LogP contribution in [-0.2, 0) is 13.1 Å². The molecule has 24 heavy (non-hydrogen) atoms. The van der Waals surface area contributed by atoms with Gasteiger partial charge in [-0.25, -0.2) is 0 Å². The van der Waals surface area contributed by atoms with Gasteiger partial charge in [-0.1, -0.05) is 61.7 Å². The van der Waals surface area contributed by atoms with Crippen LogP contribution in [-0.4, -0.2) is 16.8 Å². The quantitative estimate of drug-likeness (QED) is 0.900. The highest BCUT2D eigenvalue weighted by atomic mass is 16.2. The molecule has 1 aliphatic carbocycles. The molecule has 0 saturated heterocycles. The smallest absolute Gasteiger partial charge is 0.254 e. The summed E-state index contributed by atoms with van der Waals surface area (Å²) in [5.41, 5.74) is 8.66. The second kappa shape index (κ2) is 8.11. The number of nitrogens with two attached hydrogens (primary N) is 1. The summed E-state index contributed by atoms with van der Waals surface area (Å²) in [7, 11) is 0. The molecule has 1 aliphatic rings. The van der Waals surface area contributed by atoms with Crippen LogP contribution in [0.15, 0.2) is 54.6 Å². The van der Waals surface area contributed by atoms with Gasteiger partial charge in [-0.2, -0.15) is 0 Å². The Labute approximate surface area is 144 Å². The van der Waals surface area contributed by atoms with E-state index >= 15 is 0 Å². The van der Waals surface area contributed by atoms with E-state index in [1.165, 1.54) is 24.8 Å². The largest absolute Gasteiger partial charge is 0.331 e. The lowest BCUT2D eigenvalue weighted by atomic mass is 9.93. The van der Waals surface area contributed by atoms with Gasteiger partial charge in [0, 0.05) is 24.7 Å². The minimum atomic E-state index is 0.134. The number of hydrogen-bond donors (Lipinski definition) is 1. The molecule has 0 bridgehead atoms. The Morgan fingerprint density at radius 3 is 2.21 bits per heavy atom. The first kappa shape index (κ1) is 16.7. The summed E-state index contributed by atoms with van der Waals surface area (Å²) in [5.74, 6) is 0.134. The van der Waals surface area contributed by atoms with Gasteiger partial charge in [-0.3, -0.25) is 4.79 Å². The van der Waals surface area contributed by atoms with E-state index in [1.54, 1.807) is 0 Å². The van der Waals surface area contributed by atoms with E-state index in [4.69, 9.17) is 5.73 Å². The lowest BCUT2D eigenvalue weighted by molar-refractivity contribution is 0.0614. The second-order valence-electron chi connectivity index (χ2n) is 6.61. The van der Waals surface area contributed by atoms with Crippen molar-refractivity contribution < 1.29 is 4.79 Å². The van der Waals surface area contributed by atoms with E-state index in [-0.39, 0.29) is 5.91 Å². The molecule has 1 fully saturated rings. The lowest BCUT2D eigenvalue weighted by Gasteiger charge is -2.34. The van der Waals surface area contributed by atoms with Crippen molar-refractivity contribution in [3.63, 3.8) is 0 Å². The molecule has 126 valence electrons. The minimum absolute atomic E-state index is 0.134. The molecule has 0 atom stereocenters. The van der Waals surface area contributed by atoms with Crippen molar-refractivity contribution in [3.05, 3.63) is 71.3 Å². The van der Waals surface area contributed by atoms with Crippen molar-refractivity contribution in [1.29, 1.82) is 0 Å². The predicted molar refractivity (Wildman–Crippen MR) is 97.5 cm³/mol. The Balaban J connectivity index is 1.83. The van der Waals surface area contributed by atoms with Gasteiger partial charge in [-0.05, 0) is 36.1 Å². The molecule has 0 aliphatic heterocycles. The SMILES string of the molecule is NCc1ccc(C(=O)N(Cc2ccccc2)C2CCCCC2)cc1. The Hall–Kier alpha value is -2.13. The van der Waals surface area contributed by atoms with E-state index < -0.39 is 0 Å². The number of nitrogens with zero attached hydrogens (tertiary/aromatic N) is 1. The molecule has 3 rings (SSSR count). The highest BCUT2D eigenvalue weighted by Gasteiger charge is 2.26. The van der Waals surface area contributed by atoms with E-state index in [9.17, 15) is 4.79 Å². The van der Waals surface area contributed by atoms with Crippen molar-refractivity contribution in [2.45, 2.75) is 51.2 Å². The highest BCUT2D eigenvalue weighted by Crippen LogP contribution is 2.25. The third-order valence-corrected chi connectivity index (χ3v) is 4.91. The molecule has 0 aromatic heterocycles. The van der Waals surface area contributed by atoms with Crippen molar-refractivity contribution in [2.75, 3.05) is 0 Å². The van der Waals surface area contributed by atoms with Crippen molar-refractivity contribution in [3.8, 4) is 0 Å². The van der Waals surface area contributed by atoms with Crippen molar-refractivity contribution in [1.82, 2.24) is 4.90 Å². The average Bonchev–Trinajstić information content (AvgIpc) is 2.67. The van der Waals surface area contributed by atoms with Crippen LogP contribution in [0, 0.1) is 0 Å². The number of benzene rings is 2. The van der Waals surface area contributed by atoms with Gasteiger partial charge in [0.1, 0.15) is 0 Å². The van der Waals surface area contributed by atoms with Crippen LogP contribution in [0.5, 0.6) is 0 Å². The minimum Gasteiger partial charge on any atom is -0.331 e. The van der Waals surface area contributed by atoms with Gasteiger partial charge in [0.2, 0.25) is 0 Å². The number of carbonyl (C=O) groups excluding carboxylic acids is 1. The van der Waals surface area contributed by atoms with Crippen LogP contribution in [0.4, 0.5) is 0 Å². The Bertz CT molecular complexity index is 645. The maximum Gasteiger partial charge on any atom is 0.254 e. The van der Waals surface area contributed by atoms with Crippen LogP contribution in [0.25, 0.3) is 0 Å². The lowest BCUT2D eigenvalue weighted by Crippen LogP contribution is -2.41. The summed E-state index contributed by atoms with van der Waals surface area (Å²) in [6.45, 7) is 1.19. The summed E-state index contributed by atoms with van der Waals surface area (Å²) in [6, 6.07) is 18.4. The van der Waals surface area contributed by atoms with E-state index in [0.717, 1.165) is 24.0 Å². The third-order valence-electron chi connectivity index (χ3n) is 4.91. The molecule has 2 N–H and O–H groups in total. The van der Waals surface area contributed by atoms with Crippen LogP contribution in [0.3, 0.4) is 0 Å². The summed E-state index contributed by atoms with van der Waals surface area (Å²) in [5, 5.41) is 0. The molecule has 2 aromatic carbocycles. The number of amides is 1. The average molecular weight is 322 g/mol. The molecule has 2 aromatic rings. The number of rotatable bonds is 5. The van der Waals surface area contributed by atoms with Crippen LogP contribution in [0.1, 0.15) is 53.6 Å². The van der Waals surface area contributed by atoms with E-state index in [0.29, 0.717) is 19.1 Å². The molecule has 0 radical (unpaired) electrons. The van der Waals surface area contributed by atoms with E-state index in [2.05, 4.69) is 17.0 Å². The first-order valence-corrected chi connectivity index (χ1v) is 8.92. The Morgan fingerprint density at radius 1 is 0.917 bits per heavy atom. The molecule has 1 saturated carbocycles. The topological polar surface area (TPSA) is 46.3 Å². The molecule has 3 heteroatoms. The predicted octanol–water partition coefficient (Wildman–Crippen LogP) is 4.12. The zero-order valence-electron chi connectivity index (χ0n) is 14.2. The first-order valence-electron chi connectivity index (χ1n) is 8.92. The number of carbonyl (C=O) groups is 1. The highest BCUT2D eigenvalue weighted by molar-refractivity contribution is 5.94. The normalized spacial score (nSPS) is 15.2. The Morgan fingerprint density at radius 2 is 1.58 bits per heavy atom. The fourth-order valence-electron chi connectivity index (χ4n) is 3.49. The fourth-order valence-corrected chi connectivity index (χ4v) is 3.49. The summed E-state index contributed by atoms with van der Waals surface area (Å²) in [6.07, 6.45) is 5.94. The molecule has 0 unspecified atom stereocenters. The van der Waals surface area contributed by atoms with Gasteiger partial charge in [0.05, 0.1) is 0 Å².